The lowest BCUT2D eigenvalue weighted by atomic mass is 10.2. The molecule has 3 aromatic rings. The number of carbonyl (C=O) groups is 1. The molecule has 1 saturated heterocycles. The summed E-state index contributed by atoms with van der Waals surface area (Å²) < 4.78 is 7.64. The van der Waals surface area contributed by atoms with Crippen molar-refractivity contribution in [3.05, 3.63) is 59.6 Å². The highest BCUT2D eigenvalue weighted by Crippen LogP contribution is 2.21. The van der Waals surface area contributed by atoms with Crippen molar-refractivity contribution < 1.29 is 9.53 Å². The number of carbonyl (C=O) groups excluding carboxylic acids is 1. The zero-order valence-electron chi connectivity index (χ0n) is 14.2. The average molecular weight is 337 g/mol. The van der Waals surface area contributed by atoms with E-state index in [1.165, 1.54) is 0 Å². The van der Waals surface area contributed by atoms with Crippen molar-refractivity contribution in [1.82, 2.24) is 24.3 Å². The van der Waals surface area contributed by atoms with Crippen LogP contribution >= 0.6 is 0 Å². The minimum absolute atomic E-state index is 0.0951. The molecule has 7 nitrogen and oxygen atoms in total. The van der Waals surface area contributed by atoms with Crippen molar-refractivity contribution >= 4 is 11.6 Å². The van der Waals surface area contributed by atoms with Crippen LogP contribution in [0.1, 0.15) is 33.7 Å². The van der Waals surface area contributed by atoms with Crippen molar-refractivity contribution in [3.63, 3.8) is 0 Å². The Kier molecular flexibility index (Phi) is 3.93. The number of ether oxygens (including phenoxy) is 1. The fourth-order valence-electron chi connectivity index (χ4n) is 2.98. The SMILES string of the molecule is Cc1ccc2nc(C(=O)N3CCO[C@@H](c4nccc(C)n4)C3)cn2c1. The summed E-state index contributed by atoms with van der Waals surface area (Å²) in [4.78, 5) is 27.7. The van der Waals surface area contributed by atoms with Gasteiger partial charge in [-0.25, -0.2) is 15.0 Å². The Bertz CT molecular complexity index is 936. The minimum Gasteiger partial charge on any atom is -0.367 e. The Hall–Kier alpha value is -2.80. The maximum atomic E-state index is 12.9. The second kappa shape index (κ2) is 6.25. The molecule has 4 rings (SSSR count). The number of morpholine rings is 1. The summed E-state index contributed by atoms with van der Waals surface area (Å²) in [6.07, 6.45) is 5.14. The van der Waals surface area contributed by atoms with Gasteiger partial charge in [0.1, 0.15) is 17.4 Å². The van der Waals surface area contributed by atoms with E-state index in [9.17, 15) is 4.79 Å². The number of aromatic nitrogens is 4. The Morgan fingerprint density at radius 1 is 1.20 bits per heavy atom. The Labute approximate surface area is 145 Å². The Morgan fingerprint density at radius 2 is 2.08 bits per heavy atom. The van der Waals surface area contributed by atoms with Gasteiger partial charge in [0.2, 0.25) is 0 Å². The maximum Gasteiger partial charge on any atom is 0.274 e. The lowest BCUT2D eigenvalue weighted by Gasteiger charge is -2.31. The van der Waals surface area contributed by atoms with E-state index in [0.29, 0.717) is 31.2 Å². The number of nitrogens with zero attached hydrogens (tertiary/aromatic N) is 5. The van der Waals surface area contributed by atoms with Crippen LogP contribution in [0.5, 0.6) is 0 Å². The highest BCUT2D eigenvalue weighted by molar-refractivity contribution is 5.93. The highest BCUT2D eigenvalue weighted by Gasteiger charge is 2.29. The molecule has 0 radical (unpaired) electrons. The molecule has 0 unspecified atom stereocenters. The van der Waals surface area contributed by atoms with Crippen molar-refractivity contribution in [1.29, 1.82) is 0 Å². The number of aryl methyl sites for hydroxylation is 2. The largest absolute Gasteiger partial charge is 0.367 e. The Balaban J connectivity index is 1.56. The van der Waals surface area contributed by atoms with E-state index in [2.05, 4.69) is 15.0 Å². The minimum atomic E-state index is -0.308. The van der Waals surface area contributed by atoms with Crippen LogP contribution < -0.4 is 0 Å². The smallest absolute Gasteiger partial charge is 0.274 e. The van der Waals surface area contributed by atoms with Crippen LogP contribution in [0.3, 0.4) is 0 Å². The first kappa shape index (κ1) is 15.7. The van der Waals surface area contributed by atoms with Gasteiger partial charge >= 0.3 is 0 Å². The van der Waals surface area contributed by atoms with E-state index >= 15 is 0 Å². The fourth-order valence-corrected chi connectivity index (χ4v) is 2.98. The summed E-state index contributed by atoms with van der Waals surface area (Å²) in [6.45, 7) is 5.34. The van der Waals surface area contributed by atoms with Gasteiger partial charge in [0, 0.05) is 30.8 Å². The van der Waals surface area contributed by atoms with Gasteiger partial charge in [-0.3, -0.25) is 4.79 Å². The van der Waals surface area contributed by atoms with E-state index in [-0.39, 0.29) is 12.0 Å². The van der Waals surface area contributed by atoms with E-state index in [0.717, 1.165) is 16.9 Å². The number of rotatable bonds is 2. The van der Waals surface area contributed by atoms with Gasteiger partial charge in [-0.2, -0.15) is 0 Å². The fraction of sp³-hybridized carbons (Fsp3) is 0.333. The second-order valence-electron chi connectivity index (χ2n) is 6.26. The lowest BCUT2D eigenvalue weighted by Crippen LogP contribution is -2.42. The van der Waals surface area contributed by atoms with Crippen LogP contribution in [-0.4, -0.2) is 49.9 Å². The zero-order valence-corrected chi connectivity index (χ0v) is 14.2. The summed E-state index contributed by atoms with van der Waals surface area (Å²) in [5.41, 5.74) is 3.21. The zero-order chi connectivity index (χ0) is 17.4. The van der Waals surface area contributed by atoms with E-state index in [1.807, 2.05) is 42.6 Å². The molecule has 3 aromatic heterocycles. The van der Waals surface area contributed by atoms with Crippen LogP contribution in [0.15, 0.2) is 36.8 Å². The predicted octanol–water partition coefficient (Wildman–Crippen LogP) is 1.95. The predicted molar refractivity (Wildman–Crippen MR) is 91.3 cm³/mol. The molecule has 0 saturated carbocycles. The molecule has 1 amide bonds. The molecule has 0 N–H and O–H groups in total. The van der Waals surface area contributed by atoms with Gasteiger partial charge in [0.25, 0.3) is 5.91 Å². The molecule has 0 aliphatic carbocycles. The normalized spacial score (nSPS) is 17.8. The number of fused-ring (bicyclic) bond motifs is 1. The molecule has 128 valence electrons. The molecule has 1 fully saturated rings. The number of pyridine rings is 1. The standard InChI is InChI=1S/C18H19N5O2/c1-12-3-4-16-21-14(10-23(16)9-12)18(24)22-7-8-25-15(11-22)17-19-6-5-13(2)20-17/h3-6,9-10,15H,7-8,11H2,1-2H3/t15-/m1/s1. The first-order chi connectivity index (χ1) is 12.1. The van der Waals surface area contributed by atoms with Crippen LogP contribution in [0.2, 0.25) is 0 Å². The summed E-state index contributed by atoms with van der Waals surface area (Å²) in [5, 5.41) is 0. The quantitative estimate of drug-likeness (QED) is 0.715. The molecule has 4 heterocycles. The third-order valence-electron chi connectivity index (χ3n) is 4.27. The molecule has 1 aliphatic heterocycles. The van der Waals surface area contributed by atoms with Crippen molar-refractivity contribution in [2.75, 3.05) is 19.7 Å². The molecule has 0 bridgehead atoms. The molecule has 7 heteroatoms. The molecule has 25 heavy (non-hydrogen) atoms. The lowest BCUT2D eigenvalue weighted by molar-refractivity contribution is -0.0270. The van der Waals surface area contributed by atoms with Crippen molar-refractivity contribution in [3.8, 4) is 0 Å². The van der Waals surface area contributed by atoms with Gasteiger partial charge < -0.3 is 14.0 Å². The number of imidazole rings is 1. The topological polar surface area (TPSA) is 72.6 Å². The summed E-state index contributed by atoms with van der Waals surface area (Å²) in [7, 11) is 0. The third-order valence-corrected chi connectivity index (χ3v) is 4.27. The first-order valence-electron chi connectivity index (χ1n) is 8.26. The molecule has 1 aliphatic rings. The van der Waals surface area contributed by atoms with Crippen LogP contribution in [-0.2, 0) is 4.74 Å². The number of hydrogen-bond donors (Lipinski definition) is 0. The van der Waals surface area contributed by atoms with Crippen molar-refractivity contribution in [2.45, 2.75) is 20.0 Å². The monoisotopic (exact) mass is 337 g/mol. The summed E-state index contributed by atoms with van der Waals surface area (Å²) in [5.74, 6) is 0.519. The number of hydrogen-bond acceptors (Lipinski definition) is 5. The van der Waals surface area contributed by atoms with Crippen LogP contribution in [0.25, 0.3) is 5.65 Å². The molecular formula is C18H19N5O2. The summed E-state index contributed by atoms with van der Waals surface area (Å²) >= 11 is 0. The first-order valence-corrected chi connectivity index (χ1v) is 8.26. The van der Waals surface area contributed by atoms with E-state index in [4.69, 9.17) is 4.74 Å². The molecule has 0 spiro atoms. The van der Waals surface area contributed by atoms with Gasteiger partial charge in [-0.05, 0) is 31.5 Å². The second-order valence-corrected chi connectivity index (χ2v) is 6.26. The van der Waals surface area contributed by atoms with Gasteiger partial charge in [-0.1, -0.05) is 6.07 Å². The van der Waals surface area contributed by atoms with Crippen LogP contribution in [0.4, 0.5) is 0 Å². The molecule has 1 atom stereocenters. The van der Waals surface area contributed by atoms with Crippen LogP contribution in [0, 0.1) is 13.8 Å². The molecule has 0 aromatic carbocycles. The van der Waals surface area contributed by atoms with Gasteiger partial charge in [0.05, 0.1) is 13.2 Å². The van der Waals surface area contributed by atoms with E-state index < -0.39 is 0 Å². The van der Waals surface area contributed by atoms with Gasteiger partial charge in [0.15, 0.2) is 5.82 Å². The average Bonchev–Trinajstić information content (AvgIpc) is 3.04. The Morgan fingerprint density at radius 3 is 2.92 bits per heavy atom. The maximum absolute atomic E-state index is 12.9. The van der Waals surface area contributed by atoms with Gasteiger partial charge in [-0.15, -0.1) is 0 Å². The summed E-state index contributed by atoms with van der Waals surface area (Å²) in [6, 6.07) is 5.74. The molecular weight excluding hydrogens is 318 g/mol. The highest BCUT2D eigenvalue weighted by atomic mass is 16.5. The van der Waals surface area contributed by atoms with E-state index in [1.54, 1.807) is 17.3 Å². The third kappa shape index (κ3) is 3.10. The van der Waals surface area contributed by atoms with Crippen molar-refractivity contribution in [2.24, 2.45) is 0 Å². The number of amides is 1.